The maximum absolute atomic E-state index is 12.4. The minimum atomic E-state index is -0.892. The first-order chi connectivity index (χ1) is 12.3. The molecule has 2 aromatic rings. The zero-order valence-electron chi connectivity index (χ0n) is 14.7. The first-order valence-corrected chi connectivity index (χ1v) is 8.63. The lowest BCUT2D eigenvalue weighted by Gasteiger charge is -2.18. The molecule has 2 aromatic carbocycles. The first-order valence-electron chi connectivity index (χ1n) is 7.87. The van der Waals surface area contributed by atoms with Gasteiger partial charge in [0.25, 0.3) is 5.91 Å². The van der Waals surface area contributed by atoms with Crippen LogP contribution < -0.4 is 4.74 Å². The number of esters is 1. The minimum Gasteiger partial charge on any atom is -0.488 e. The Morgan fingerprint density at radius 1 is 1.12 bits per heavy atom. The topological polar surface area (TPSA) is 55.8 Å². The molecule has 1 atom stereocenters. The molecule has 7 heteroatoms. The lowest BCUT2D eigenvalue weighted by molar-refractivity contribution is -0.137. The Hall–Kier alpha value is -2.24. The van der Waals surface area contributed by atoms with E-state index in [9.17, 15) is 9.59 Å². The Balaban J connectivity index is 2.11. The van der Waals surface area contributed by atoms with Gasteiger partial charge in [-0.1, -0.05) is 41.4 Å². The molecule has 0 aliphatic rings. The van der Waals surface area contributed by atoms with Gasteiger partial charge in [-0.2, -0.15) is 0 Å². The highest BCUT2D eigenvalue weighted by molar-refractivity contribution is 6.35. The van der Waals surface area contributed by atoms with Crippen molar-refractivity contribution in [3.8, 4) is 5.75 Å². The molecule has 0 bridgehead atoms. The van der Waals surface area contributed by atoms with Crippen LogP contribution in [0, 0.1) is 0 Å². The van der Waals surface area contributed by atoms with E-state index < -0.39 is 12.1 Å². The van der Waals surface area contributed by atoms with Gasteiger partial charge in [0.1, 0.15) is 17.9 Å². The summed E-state index contributed by atoms with van der Waals surface area (Å²) in [7, 11) is 3.19. The van der Waals surface area contributed by atoms with Crippen molar-refractivity contribution in [1.82, 2.24) is 4.90 Å². The van der Waals surface area contributed by atoms with Crippen LogP contribution in [0.5, 0.6) is 5.75 Å². The molecule has 0 N–H and O–H groups in total. The van der Waals surface area contributed by atoms with Crippen molar-refractivity contribution in [2.45, 2.75) is 19.6 Å². The zero-order chi connectivity index (χ0) is 19.3. The standard InChI is InChI=1S/C19H19Cl2NO4/c1-12(18(23)22(2)3)26-19(24)15-6-4-5-7-17(15)25-11-13-8-9-14(20)10-16(13)21/h4-10,12H,11H2,1-3H3/t12-/m0/s1. The van der Waals surface area contributed by atoms with Crippen LogP contribution in [-0.2, 0) is 16.1 Å². The van der Waals surface area contributed by atoms with E-state index in [4.69, 9.17) is 32.7 Å². The van der Waals surface area contributed by atoms with Crippen LogP contribution in [0.25, 0.3) is 0 Å². The molecule has 0 saturated carbocycles. The molecule has 5 nitrogen and oxygen atoms in total. The van der Waals surface area contributed by atoms with E-state index in [0.29, 0.717) is 15.8 Å². The van der Waals surface area contributed by atoms with E-state index in [-0.39, 0.29) is 18.1 Å². The summed E-state index contributed by atoms with van der Waals surface area (Å²) in [6, 6.07) is 11.7. The van der Waals surface area contributed by atoms with Gasteiger partial charge in [0.05, 0.1) is 0 Å². The zero-order valence-corrected chi connectivity index (χ0v) is 16.2. The second-order valence-corrected chi connectivity index (χ2v) is 6.64. The summed E-state index contributed by atoms with van der Waals surface area (Å²) in [5.41, 5.74) is 0.964. The maximum atomic E-state index is 12.4. The minimum absolute atomic E-state index is 0.159. The molecule has 0 fully saturated rings. The highest BCUT2D eigenvalue weighted by atomic mass is 35.5. The third-order valence-corrected chi connectivity index (χ3v) is 4.16. The van der Waals surface area contributed by atoms with Crippen LogP contribution >= 0.6 is 23.2 Å². The third kappa shape index (κ3) is 5.13. The fourth-order valence-corrected chi connectivity index (χ4v) is 2.66. The number of benzene rings is 2. The number of hydrogen-bond acceptors (Lipinski definition) is 4. The number of carbonyl (C=O) groups is 2. The molecule has 0 aliphatic carbocycles. The number of amides is 1. The number of ether oxygens (including phenoxy) is 2. The molecular formula is C19H19Cl2NO4. The summed E-state index contributed by atoms with van der Waals surface area (Å²) in [6.45, 7) is 1.68. The Labute approximate surface area is 162 Å². The summed E-state index contributed by atoms with van der Waals surface area (Å²) < 4.78 is 11.0. The molecule has 0 spiro atoms. The van der Waals surface area contributed by atoms with Crippen LogP contribution in [0.1, 0.15) is 22.8 Å². The fraction of sp³-hybridized carbons (Fsp3) is 0.263. The Kier molecular flexibility index (Phi) is 6.89. The van der Waals surface area contributed by atoms with Crippen LogP contribution in [0.4, 0.5) is 0 Å². The van der Waals surface area contributed by atoms with E-state index in [1.807, 2.05) is 0 Å². The predicted octanol–water partition coefficient (Wildman–Crippen LogP) is 4.21. The molecule has 26 heavy (non-hydrogen) atoms. The highest BCUT2D eigenvalue weighted by Gasteiger charge is 2.22. The Morgan fingerprint density at radius 2 is 1.81 bits per heavy atom. The summed E-state index contributed by atoms with van der Waals surface area (Å²) in [5, 5.41) is 1.00. The molecular weight excluding hydrogens is 377 g/mol. The molecule has 2 rings (SSSR count). The lowest BCUT2D eigenvalue weighted by Crippen LogP contribution is -2.35. The van der Waals surface area contributed by atoms with Crippen molar-refractivity contribution < 1.29 is 19.1 Å². The van der Waals surface area contributed by atoms with Crippen LogP contribution in [0.15, 0.2) is 42.5 Å². The lowest BCUT2D eigenvalue weighted by atomic mass is 10.2. The van der Waals surface area contributed by atoms with Gasteiger partial charge in [0.2, 0.25) is 0 Å². The van der Waals surface area contributed by atoms with E-state index in [0.717, 1.165) is 5.56 Å². The predicted molar refractivity (Wildman–Crippen MR) is 101 cm³/mol. The van der Waals surface area contributed by atoms with Crippen molar-refractivity contribution in [3.63, 3.8) is 0 Å². The van der Waals surface area contributed by atoms with Gasteiger partial charge in [0, 0.05) is 29.7 Å². The fourth-order valence-electron chi connectivity index (χ4n) is 2.19. The largest absolute Gasteiger partial charge is 0.488 e. The number of rotatable bonds is 6. The van der Waals surface area contributed by atoms with E-state index >= 15 is 0 Å². The normalized spacial score (nSPS) is 11.6. The van der Waals surface area contributed by atoms with E-state index in [1.165, 1.54) is 11.8 Å². The van der Waals surface area contributed by atoms with Crippen molar-refractivity contribution in [3.05, 3.63) is 63.6 Å². The SMILES string of the molecule is C[C@H](OC(=O)c1ccccc1OCc1ccc(Cl)cc1Cl)C(=O)N(C)C. The van der Waals surface area contributed by atoms with Crippen molar-refractivity contribution in [2.24, 2.45) is 0 Å². The number of para-hydroxylation sites is 1. The second kappa shape index (κ2) is 8.92. The molecule has 1 amide bonds. The summed E-state index contributed by atoms with van der Waals surface area (Å²) in [6.07, 6.45) is -0.892. The van der Waals surface area contributed by atoms with Crippen molar-refractivity contribution >= 4 is 35.1 Å². The summed E-state index contributed by atoms with van der Waals surface area (Å²) in [4.78, 5) is 25.6. The molecule has 0 aromatic heterocycles. The van der Waals surface area contributed by atoms with Gasteiger partial charge in [-0.25, -0.2) is 4.79 Å². The molecule has 0 radical (unpaired) electrons. The number of nitrogens with zero attached hydrogens (tertiary/aromatic N) is 1. The van der Waals surface area contributed by atoms with E-state index in [2.05, 4.69) is 0 Å². The first kappa shape index (κ1) is 20.1. The second-order valence-electron chi connectivity index (χ2n) is 5.80. The monoisotopic (exact) mass is 395 g/mol. The molecule has 0 heterocycles. The van der Waals surface area contributed by atoms with Gasteiger partial charge in [0.15, 0.2) is 6.10 Å². The van der Waals surface area contributed by atoms with Gasteiger partial charge < -0.3 is 14.4 Å². The van der Waals surface area contributed by atoms with E-state index in [1.54, 1.807) is 56.6 Å². The van der Waals surface area contributed by atoms with Crippen molar-refractivity contribution in [2.75, 3.05) is 14.1 Å². The molecule has 0 saturated heterocycles. The molecule has 0 unspecified atom stereocenters. The number of halogens is 2. The third-order valence-electron chi connectivity index (χ3n) is 3.58. The van der Waals surface area contributed by atoms with Crippen LogP contribution in [0.3, 0.4) is 0 Å². The number of likely N-dealkylation sites (N-methyl/N-ethyl adjacent to an activating group) is 1. The van der Waals surface area contributed by atoms with Crippen LogP contribution in [-0.4, -0.2) is 37.0 Å². The summed E-state index contributed by atoms with van der Waals surface area (Å²) in [5.74, 6) is -0.594. The number of carbonyl (C=O) groups excluding carboxylic acids is 2. The van der Waals surface area contributed by atoms with Gasteiger partial charge >= 0.3 is 5.97 Å². The average molecular weight is 396 g/mol. The molecule has 0 aliphatic heterocycles. The van der Waals surface area contributed by atoms with Gasteiger partial charge in [-0.3, -0.25) is 4.79 Å². The van der Waals surface area contributed by atoms with Crippen molar-refractivity contribution in [1.29, 1.82) is 0 Å². The Bertz CT molecular complexity index is 808. The maximum Gasteiger partial charge on any atom is 0.342 e. The van der Waals surface area contributed by atoms with Gasteiger partial charge in [-0.15, -0.1) is 0 Å². The number of hydrogen-bond donors (Lipinski definition) is 0. The van der Waals surface area contributed by atoms with Crippen LogP contribution in [0.2, 0.25) is 10.0 Å². The smallest absolute Gasteiger partial charge is 0.342 e. The quantitative estimate of drug-likeness (QED) is 0.687. The molecule has 138 valence electrons. The average Bonchev–Trinajstić information content (AvgIpc) is 2.60. The Morgan fingerprint density at radius 3 is 2.46 bits per heavy atom. The summed E-state index contributed by atoms with van der Waals surface area (Å²) >= 11 is 12.0. The highest BCUT2D eigenvalue weighted by Crippen LogP contribution is 2.25. The van der Waals surface area contributed by atoms with Gasteiger partial charge in [-0.05, 0) is 31.2 Å².